The quantitative estimate of drug-likeness (QED) is 0.653. The number of carbonyl (C=O) groups excluding carboxylic acids is 1. The third-order valence-corrected chi connectivity index (χ3v) is 2.74. The number of carbonyl (C=O) groups is 1. The Kier molecular flexibility index (Phi) is 2.02. The molecule has 7 nitrogen and oxygen atoms in total. The molecule has 82 valence electrons. The van der Waals surface area contributed by atoms with E-state index in [1.807, 2.05) is 0 Å². The summed E-state index contributed by atoms with van der Waals surface area (Å²) in [7, 11) is 0. The number of nitrogens with zero attached hydrogens (tertiary/aromatic N) is 6. The van der Waals surface area contributed by atoms with E-state index in [1.54, 1.807) is 16.9 Å². The summed E-state index contributed by atoms with van der Waals surface area (Å²) in [5, 5.41) is 11.3. The molecule has 0 aliphatic carbocycles. The van der Waals surface area contributed by atoms with Crippen molar-refractivity contribution < 1.29 is 4.79 Å². The maximum absolute atomic E-state index is 11.2. The van der Waals surface area contributed by atoms with Gasteiger partial charge in [-0.15, -0.1) is 5.10 Å². The Morgan fingerprint density at radius 2 is 2.00 bits per heavy atom. The van der Waals surface area contributed by atoms with Gasteiger partial charge in [-0.2, -0.15) is 4.52 Å². The van der Waals surface area contributed by atoms with E-state index in [9.17, 15) is 4.79 Å². The lowest BCUT2D eigenvalue weighted by molar-refractivity contribution is -0.119. The lowest BCUT2D eigenvalue weighted by Crippen LogP contribution is -2.35. The van der Waals surface area contributed by atoms with Crippen LogP contribution in [0.25, 0.3) is 5.65 Å². The number of hydrogen-bond acceptors (Lipinski definition) is 6. The predicted molar refractivity (Wildman–Crippen MR) is 55.0 cm³/mol. The molecule has 0 unspecified atom stereocenters. The second-order valence-corrected chi connectivity index (χ2v) is 3.74. The molecule has 7 heteroatoms. The summed E-state index contributed by atoms with van der Waals surface area (Å²) in [4.78, 5) is 17.3. The first kappa shape index (κ1) is 9.20. The van der Waals surface area contributed by atoms with Gasteiger partial charge in [0.05, 0.1) is 12.4 Å². The summed E-state index contributed by atoms with van der Waals surface area (Å²) >= 11 is 0. The molecule has 0 radical (unpaired) electrons. The van der Waals surface area contributed by atoms with Gasteiger partial charge < -0.3 is 4.90 Å². The first-order valence-corrected chi connectivity index (χ1v) is 5.13. The van der Waals surface area contributed by atoms with E-state index in [-0.39, 0.29) is 0 Å². The molecule has 1 aliphatic heterocycles. The van der Waals surface area contributed by atoms with Crippen LogP contribution in [0.2, 0.25) is 0 Å². The fourth-order valence-electron chi connectivity index (χ4n) is 1.86. The van der Waals surface area contributed by atoms with Crippen molar-refractivity contribution in [1.82, 2.24) is 25.0 Å². The third kappa shape index (κ3) is 1.40. The van der Waals surface area contributed by atoms with Crippen LogP contribution in [0.5, 0.6) is 0 Å². The smallest absolute Gasteiger partial charge is 0.199 e. The van der Waals surface area contributed by atoms with Crippen LogP contribution in [-0.2, 0) is 4.79 Å². The van der Waals surface area contributed by atoms with Gasteiger partial charge in [0.25, 0.3) is 0 Å². The van der Waals surface area contributed by atoms with Crippen molar-refractivity contribution in [2.24, 2.45) is 0 Å². The van der Waals surface area contributed by atoms with E-state index < -0.39 is 0 Å². The molecule has 1 fully saturated rings. The average molecular weight is 218 g/mol. The molecule has 1 aliphatic rings. The van der Waals surface area contributed by atoms with Gasteiger partial charge in [0.1, 0.15) is 5.78 Å². The van der Waals surface area contributed by atoms with E-state index in [0.29, 0.717) is 37.4 Å². The standard InChI is InChI=1S/C9H10N6O/c16-7-1-3-14(4-2-7)9-6-10-5-8-11-12-13-15(8)9/h5-6H,1-4H2. The summed E-state index contributed by atoms with van der Waals surface area (Å²) in [6.45, 7) is 1.42. The predicted octanol–water partition coefficient (Wildman–Crippen LogP) is -0.311. The second-order valence-electron chi connectivity index (χ2n) is 3.74. The summed E-state index contributed by atoms with van der Waals surface area (Å²) in [6, 6.07) is 0. The SMILES string of the molecule is O=C1CCN(c2cncc3nnnn23)CC1. The molecule has 2 aromatic heterocycles. The number of aromatic nitrogens is 5. The molecule has 16 heavy (non-hydrogen) atoms. The van der Waals surface area contributed by atoms with E-state index >= 15 is 0 Å². The zero-order valence-corrected chi connectivity index (χ0v) is 8.57. The number of anilines is 1. The number of rotatable bonds is 1. The molecule has 0 atom stereocenters. The van der Waals surface area contributed by atoms with E-state index in [2.05, 4.69) is 25.4 Å². The molecular weight excluding hydrogens is 208 g/mol. The Balaban J connectivity index is 1.99. The molecule has 0 aromatic carbocycles. The van der Waals surface area contributed by atoms with Crippen LogP contribution < -0.4 is 4.90 Å². The highest BCUT2D eigenvalue weighted by Gasteiger charge is 2.19. The van der Waals surface area contributed by atoms with Crippen molar-refractivity contribution in [1.29, 1.82) is 0 Å². The Hall–Kier alpha value is -2.05. The fourth-order valence-corrected chi connectivity index (χ4v) is 1.86. The van der Waals surface area contributed by atoms with Crippen molar-refractivity contribution in [3.8, 4) is 0 Å². The van der Waals surface area contributed by atoms with Gasteiger partial charge in [-0.1, -0.05) is 0 Å². The van der Waals surface area contributed by atoms with Crippen molar-refractivity contribution in [3.63, 3.8) is 0 Å². The molecule has 2 aromatic rings. The van der Waals surface area contributed by atoms with E-state index in [4.69, 9.17) is 0 Å². The lowest BCUT2D eigenvalue weighted by Gasteiger charge is -2.27. The first-order chi connectivity index (χ1) is 7.84. The Morgan fingerprint density at radius 3 is 2.81 bits per heavy atom. The minimum atomic E-state index is 0.313. The van der Waals surface area contributed by atoms with Crippen LogP contribution >= 0.6 is 0 Å². The Labute approximate surface area is 91.1 Å². The molecule has 3 rings (SSSR count). The summed E-state index contributed by atoms with van der Waals surface area (Å²) in [5.74, 6) is 1.16. The highest BCUT2D eigenvalue weighted by atomic mass is 16.1. The average Bonchev–Trinajstić information content (AvgIpc) is 2.78. The van der Waals surface area contributed by atoms with Crippen molar-refractivity contribution in [3.05, 3.63) is 12.4 Å². The summed E-state index contributed by atoms with van der Waals surface area (Å²) in [6.07, 6.45) is 4.49. The second kappa shape index (κ2) is 3.51. The van der Waals surface area contributed by atoms with Crippen molar-refractivity contribution in [2.75, 3.05) is 18.0 Å². The maximum Gasteiger partial charge on any atom is 0.199 e. The van der Waals surface area contributed by atoms with Crippen LogP contribution in [0.15, 0.2) is 12.4 Å². The molecule has 0 saturated carbocycles. The number of fused-ring (bicyclic) bond motifs is 1. The van der Waals surface area contributed by atoms with Gasteiger partial charge in [-0.25, -0.2) is 0 Å². The highest BCUT2D eigenvalue weighted by Crippen LogP contribution is 2.16. The molecule has 0 spiro atoms. The van der Waals surface area contributed by atoms with Gasteiger partial charge in [-0.3, -0.25) is 9.78 Å². The number of tetrazole rings is 1. The van der Waals surface area contributed by atoms with Crippen LogP contribution in [0.3, 0.4) is 0 Å². The van der Waals surface area contributed by atoms with Crippen LogP contribution in [0.4, 0.5) is 5.82 Å². The summed E-state index contributed by atoms with van der Waals surface area (Å²) < 4.78 is 1.64. The van der Waals surface area contributed by atoms with Crippen LogP contribution in [0.1, 0.15) is 12.8 Å². The Bertz CT molecular complexity index is 526. The summed E-state index contributed by atoms with van der Waals surface area (Å²) in [5.41, 5.74) is 0.620. The largest absolute Gasteiger partial charge is 0.354 e. The number of Topliss-reactive ketones (excluding diaryl/α,β-unsaturated/α-hetero) is 1. The lowest BCUT2D eigenvalue weighted by atomic mass is 10.1. The number of piperidine rings is 1. The minimum Gasteiger partial charge on any atom is -0.354 e. The van der Waals surface area contributed by atoms with Crippen LogP contribution in [-0.4, -0.2) is 43.9 Å². The molecule has 1 saturated heterocycles. The first-order valence-electron chi connectivity index (χ1n) is 5.13. The molecule has 0 bridgehead atoms. The normalized spacial score (nSPS) is 17.0. The molecular formula is C9H10N6O. The van der Waals surface area contributed by atoms with Gasteiger partial charge in [0.15, 0.2) is 11.5 Å². The van der Waals surface area contributed by atoms with E-state index in [1.165, 1.54) is 0 Å². The number of hydrogen-bond donors (Lipinski definition) is 0. The van der Waals surface area contributed by atoms with Crippen LogP contribution in [0, 0.1) is 0 Å². The minimum absolute atomic E-state index is 0.313. The van der Waals surface area contributed by atoms with Crippen molar-refractivity contribution in [2.45, 2.75) is 12.8 Å². The zero-order valence-electron chi connectivity index (χ0n) is 8.57. The third-order valence-electron chi connectivity index (χ3n) is 2.74. The molecule has 0 amide bonds. The molecule has 3 heterocycles. The Morgan fingerprint density at radius 1 is 1.19 bits per heavy atom. The highest BCUT2D eigenvalue weighted by molar-refractivity contribution is 5.80. The number of ketones is 1. The fraction of sp³-hybridized carbons (Fsp3) is 0.444. The maximum atomic E-state index is 11.2. The van der Waals surface area contributed by atoms with Gasteiger partial charge in [0.2, 0.25) is 0 Å². The van der Waals surface area contributed by atoms with Gasteiger partial charge in [0, 0.05) is 25.9 Å². The topological polar surface area (TPSA) is 76.3 Å². The van der Waals surface area contributed by atoms with Gasteiger partial charge in [-0.05, 0) is 10.4 Å². The monoisotopic (exact) mass is 218 g/mol. The zero-order chi connectivity index (χ0) is 11.0. The molecule has 0 N–H and O–H groups in total. The van der Waals surface area contributed by atoms with E-state index in [0.717, 1.165) is 5.82 Å². The van der Waals surface area contributed by atoms with Crippen molar-refractivity contribution >= 4 is 17.2 Å². The van der Waals surface area contributed by atoms with Gasteiger partial charge >= 0.3 is 0 Å².